The maximum atomic E-state index is 12.3. The van der Waals surface area contributed by atoms with E-state index in [0.717, 1.165) is 12.1 Å². The fourth-order valence-corrected chi connectivity index (χ4v) is 2.19. The number of alkyl halides is 3. The molecule has 0 fully saturated rings. The van der Waals surface area contributed by atoms with Gasteiger partial charge in [-0.3, -0.25) is 0 Å². The summed E-state index contributed by atoms with van der Waals surface area (Å²) in [5, 5.41) is -0.741. The van der Waals surface area contributed by atoms with Gasteiger partial charge in [-0.2, -0.15) is 23.2 Å². The largest absolute Gasteiger partial charge is 0.501 e. The van der Waals surface area contributed by atoms with E-state index in [-0.39, 0.29) is 5.36 Å². The van der Waals surface area contributed by atoms with Crippen LogP contribution in [0, 0.1) is 0 Å². The maximum Gasteiger partial charge on any atom is 0.501 e. The first-order valence-corrected chi connectivity index (χ1v) is 5.63. The smallest absolute Gasteiger partial charge is 0.244 e. The first-order chi connectivity index (χ1) is 7.73. The van der Waals surface area contributed by atoms with Gasteiger partial charge < -0.3 is 0 Å². The van der Waals surface area contributed by atoms with Crippen LogP contribution >= 0.6 is 0 Å². The monoisotopic (exact) mass is 264 g/mol. The van der Waals surface area contributed by atoms with Gasteiger partial charge in [-0.05, 0) is 12.1 Å². The van der Waals surface area contributed by atoms with E-state index in [0.29, 0.717) is 0 Å². The Bertz CT molecular complexity index is 721. The minimum atomic E-state index is -5.53. The molecule has 5 nitrogen and oxygen atoms in total. The lowest BCUT2D eigenvalue weighted by Crippen LogP contribution is -2.34. The second-order valence-electron chi connectivity index (χ2n) is 3.08. The van der Waals surface area contributed by atoms with Crippen LogP contribution in [0.3, 0.4) is 0 Å². The number of carbonyl (C=O) groups is 1. The van der Waals surface area contributed by atoms with Crippen LogP contribution in [0.2, 0.25) is 0 Å². The number of para-hydroxylation sites is 1. The van der Waals surface area contributed by atoms with Crippen LogP contribution in [-0.2, 0) is 9.84 Å². The van der Waals surface area contributed by atoms with Crippen molar-refractivity contribution in [3.63, 3.8) is 0 Å². The van der Waals surface area contributed by atoms with Crippen molar-refractivity contribution in [3.8, 4) is 0 Å². The molecule has 0 saturated heterocycles. The molecule has 1 aromatic rings. The molecule has 2 amide bonds. The highest BCUT2D eigenvalue weighted by Crippen LogP contribution is 2.28. The van der Waals surface area contributed by atoms with E-state index >= 15 is 0 Å². The second-order valence-corrected chi connectivity index (χ2v) is 4.99. The summed E-state index contributed by atoms with van der Waals surface area (Å²) in [7, 11) is -5.53. The van der Waals surface area contributed by atoms with Crippen molar-refractivity contribution >= 4 is 15.9 Å². The van der Waals surface area contributed by atoms with Gasteiger partial charge in [-0.25, -0.2) is 13.2 Å². The summed E-state index contributed by atoms with van der Waals surface area (Å²) in [4.78, 5) is 16.2. The van der Waals surface area contributed by atoms with E-state index in [1.54, 1.807) is 0 Å². The number of carbonyl (C=O) groups excluding carboxylic acids is 1. The van der Waals surface area contributed by atoms with Crippen LogP contribution in [0.1, 0.15) is 0 Å². The summed E-state index contributed by atoms with van der Waals surface area (Å²) in [6.07, 6.45) is 0. The number of nitrogens with zero attached hydrogens (tertiary/aromatic N) is 2. The number of hydrogen-bond donors (Lipinski definition) is 0. The van der Waals surface area contributed by atoms with Gasteiger partial charge in [0, 0.05) is 0 Å². The van der Waals surface area contributed by atoms with Crippen LogP contribution < -0.4 is 10.7 Å². The minimum Gasteiger partial charge on any atom is -0.244 e. The van der Waals surface area contributed by atoms with Gasteiger partial charge in [-0.1, -0.05) is 6.07 Å². The number of hydrogen-bond acceptors (Lipinski definition) is 3. The number of fused-ring (bicyclic) bond motifs is 1. The third-order valence-electron chi connectivity index (χ3n) is 2.00. The van der Waals surface area contributed by atoms with E-state index < -0.39 is 31.6 Å². The lowest BCUT2D eigenvalue weighted by Gasteiger charge is -2.07. The van der Waals surface area contributed by atoms with Crippen molar-refractivity contribution in [2.45, 2.75) is 10.4 Å². The van der Waals surface area contributed by atoms with Crippen molar-refractivity contribution < 1.29 is 26.4 Å². The summed E-state index contributed by atoms with van der Waals surface area (Å²) in [5.41, 5.74) is -5.44. The predicted octanol–water partition coefficient (Wildman–Crippen LogP) is 0.353. The van der Waals surface area contributed by atoms with Gasteiger partial charge in [0.2, 0.25) is 0 Å². The standard InChI is InChI=1S/C8H3F3N2O3S/c9-8(10,11)17(15,16)5-3-1-2-4-6(5)13-7(14)12-4/h1-3H. The molecule has 0 aromatic heterocycles. The molecule has 2 rings (SSSR count). The van der Waals surface area contributed by atoms with Crippen LogP contribution in [0.15, 0.2) is 33.1 Å². The van der Waals surface area contributed by atoms with Gasteiger partial charge in [0.15, 0.2) is 0 Å². The van der Waals surface area contributed by atoms with Crippen molar-refractivity contribution in [3.05, 3.63) is 28.9 Å². The molecule has 0 radical (unpaired) electrons. The molecule has 0 aliphatic carbocycles. The summed E-state index contributed by atoms with van der Waals surface area (Å²) < 4.78 is 59.4. The quantitative estimate of drug-likeness (QED) is 0.734. The molecule has 0 bridgehead atoms. The number of benzene rings is 1. The number of halogens is 3. The normalized spacial score (nSPS) is 15.1. The van der Waals surface area contributed by atoms with E-state index in [4.69, 9.17) is 0 Å². The van der Waals surface area contributed by atoms with E-state index in [2.05, 4.69) is 9.98 Å². The van der Waals surface area contributed by atoms with Gasteiger partial charge in [0.05, 0.1) is 5.36 Å². The van der Waals surface area contributed by atoms with Crippen LogP contribution in [-0.4, -0.2) is 20.0 Å². The number of rotatable bonds is 1. The van der Waals surface area contributed by atoms with Crippen LogP contribution in [0.25, 0.3) is 0 Å². The second kappa shape index (κ2) is 3.36. The molecule has 9 heteroatoms. The Balaban J connectivity index is 2.85. The van der Waals surface area contributed by atoms with Gasteiger partial charge in [-0.15, -0.1) is 0 Å². The molecule has 1 aromatic carbocycles. The van der Waals surface area contributed by atoms with Gasteiger partial charge >= 0.3 is 11.5 Å². The molecule has 1 heterocycles. The molecule has 0 unspecified atom stereocenters. The highest BCUT2D eigenvalue weighted by atomic mass is 32.2. The Morgan fingerprint density at radius 1 is 1.12 bits per heavy atom. The molecule has 0 spiro atoms. The Labute approximate surface area is 92.2 Å². The first-order valence-electron chi connectivity index (χ1n) is 4.15. The summed E-state index contributed by atoms with van der Waals surface area (Å²) in [5.74, 6) is 0. The Kier molecular flexibility index (Phi) is 2.31. The lowest BCUT2D eigenvalue weighted by atomic mass is 10.3. The van der Waals surface area contributed by atoms with Crippen LogP contribution in [0.4, 0.5) is 18.0 Å². The third kappa shape index (κ3) is 1.71. The van der Waals surface area contributed by atoms with Crippen molar-refractivity contribution in [2.75, 3.05) is 0 Å². The van der Waals surface area contributed by atoms with E-state index in [9.17, 15) is 26.4 Å². The molecule has 1 aliphatic heterocycles. The Morgan fingerprint density at radius 3 is 2.35 bits per heavy atom. The molecule has 17 heavy (non-hydrogen) atoms. The highest BCUT2D eigenvalue weighted by Gasteiger charge is 2.47. The van der Waals surface area contributed by atoms with Crippen LogP contribution in [0.5, 0.6) is 0 Å². The van der Waals surface area contributed by atoms with E-state index in [1.807, 2.05) is 0 Å². The number of amides is 2. The Morgan fingerprint density at radius 2 is 1.76 bits per heavy atom. The SMILES string of the molecule is O=C1N=c2cccc(S(=O)(=O)C(F)(F)F)c2=N1. The van der Waals surface area contributed by atoms with Gasteiger partial charge in [0.25, 0.3) is 9.84 Å². The zero-order valence-corrected chi connectivity index (χ0v) is 8.71. The molecule has 0 saturated carbocycles. The molecule has 0 N–H and O–H groups in total. The molecule has 0 atom stereocenters. The summed E-state index contributed by atoms with van der Waals surface area (Å²) in [6, 6.07) is 1.98. The summed E-state index contributed by atoms with van der Waals surface area (Å²) in [6.45, 7) is 0. The number of urea groups is 1. The highest BCUT2D eigenvalue weighted by molar-refractivity contribution is 7.92. The van der Waals surface area contributed by atoms with Crippen molar-refractivity contribution in [2.24, 2.45) is 9.98 Å². The zero-order chi connectivity index (χ0) is 12.8. The van der Waals surface area contributed by atoms with Gasteiger partial charge in [0.1, 0.15) is 10.3 Å². The fraction of sp³-hybridized carbons (Fsp3) is 0.125. The Hall–Kier alpha value is -1.77. The van der Waals surface area contributed by atoms with Crippen molar-refractivity contribution in [1.29, 1.82) is 0 Å². The third-order valence-corrected chi connectivity index (χ3v) is 3.51. The topological polar surface area (TPSA) is 75.9 Å². The maximum absolute atomic E-state index is 12.3. The molecule has 1 aliphatic rings. The minimum absolute atomic E-state index is 0.180. The number of sulfone groups is 1. The first kappa shape index (κ1) is 11.7. The fourth-order valence-electron chi connectivity index (χ4n) is 1.28. The predicted molar refractivity (Wildman–Crippen MR) is 47.4 cm³/mol. The molecular formula is C8H3F3N2O3S. The molecule has 90 valence electrons. The zero-order valence-electron chi connectivity index (χ0n) is 7.89. The summed E-state index contributed by atoms with van der Waals surface area (Å²) >= 11 is 0. The average molecular weight is 264 g/mol. The van der Waals surface area contributed by atoms with E-state index in [1.165, 1.54) is 6.07 Å². The molecular weight excluding hydrogens is 261 g/mol. The lowest BCUT2D eigenvalue weighted by molar-refractivity contribution is -0.0436. The average Bonchev–Trinajstić information content (AvgIpc) is 2.55. The van der Waals surface area contributed by atoms with Crippen molar-refractivity contribution in [1.82, 2.24) is 0 Å².